The molecule has 3 heteroatoms. The van der Waals surface area contributed by atoms with Gasteiger partial charge in [-0.25, -0.2) is 4.79 Å². The van der Waals surface area contributed by atoms with Crippen molar-refractivity contribution in [3.8, 4) is 5.75 Å². The Kier molecular flexibility index (Phi) is 5.14. The highest BCUT2D eigenvalue weighted by Gasteiger charge is 2.38. The molecule has 2 aromatic carbocycles. The molecule has 1 aliphatic carbocycles. The average Bonchev–Trinajstić information content (AvgIpc) is 2.69. The Morgan fingerprint density at radius 1 is 0.893 bits per heavy atom. The summed E-state index contributed by atoms with van der Waals surface area (Å²) in [6.45, 7) is 13.6. The molecule has 0 aromatic heterocycles. The van der Waals surface area contributed by atoms with Crippen LogP contribution in [0.4, 0.5) is 0 Å². The van der Waals surface area contributed by atoms with Gasteiger partial charge in [-0.05, 0) is 70.2 Å². The zero-order chi connectivity index (χ0) is 20.7. The Morgan fingerprint density at radius 2 is 1.39 bits per heavy atom. The lowest BCUT2D eigenvalue weighted by atomic mass is 9.62. The molecule has 0 fully saturated rings. The van der Waals surface area contributed by atoms with Gasteiger partial charge in [0, 0.05) is 5.56 Å². The fourth-order valence-electron chi connectivity index (χ4n) is 4.08. The van der Waals surface area contributed by atoms with Crippen LogP contribution in [0.5, 0.6) is 5.75 Å². The van der Waals surface area contributed by atoms with Crippen molar-refractivity contribution in [2.75, 3.05) is 14.2 Å². The van der Waals surface area contributed by atoms with Gasteiger partial charge in [0.05, 0.1) is 19.8 Å². The van der Waals surface area contributed by atoms with Gasteiger partial charge in [0.2, 0.25) is 0 Å². The van der Waals surface area contributed by atoms with Crippen molar-refractivity contribution in [3.05, 3.63) is 70.8 Å². The second-order valence-electron chi connectivity index (χ2n) is 8.91. The molecule has 0 saturated carbocycles. The summed E-state index contributed by atoms with van der Waals surface area (Å²) < 4.78 is 10.5. The predicted molar refractivity (Wildman–Crippen MR) is 114 cm³/mol. The summed E-state index contributed by atoms with van der Waals surface area (Å²) in [6, 6.07) is 11.8. The number of hydrogen-bond donors (Lipinski definition) is 0. The molecule has 0 saturated heterocycles. The number of methoxy groups -OCH3 is 2. The monoisotopic (exact) mass is 378 g/mol. The number of hydrogen-bond acceptors (Lipinski definition) is 3. The lowest BCUT2D eigenvalue weighted by molar-refractivity contribution is 0.0600. The van der Waals surface area contributed by atoms with Crippen LogP contribution in [0.1, 0.15) is 73.1 Å². The number of fused-ring (bicyclic) bond motifs is 1. The Balaban J connectivity index is 2.09. The molecule has 0 aliphatic heterocycles. The van der Waals surface area contributed by atoms with Crippen molar-refractivity contribution >= 4 is 11.5 Å². The van der Waals surface area contributed by atoms with E-state index in [0.29, 0.717) is 5.56 Å². The Labute approximate surface area is 168 Å². The van der Waals surface area contributed by atoms with Crippen molar-refractivity contribution in [2.45, 2.75) is 51.4 Å². The van der Waals surface area contributed by atoms with E-state index in [1.165, 1.54) is 18.2 Å². The van der Waals surface area contributed by atoms with E-state index >= 15 is 0 Å². The maximum Gasteiger partial charge on any atom is 0.337 e. The van der Waals surface area contributed by atoms with Crippen molar-refractivity contribution in [1.29, 1.82) is 0 Å². The van der Waals surface area contributed by atoms with Gasteiger partial charge in [0.1, 0.15) is 5.75 Å². The zero-order valence-electron chi connectivity index (χ0n) is 17.8. The van der Waals surface area contributed by atoms with Crippen molar-refractivity contribution in [1.82, 2.24) is 0 Å². The minimum absolute atomic E-state index is 0.112. The molecule has 0 bridgehead atoms. The highest BCUT2D eigenvalue weighted by atomic mass is 16.5. The van der Waals surface area contributed by atoms with E-state index in [0.717, 1.165) is 35.3 Å². The normalized spacial score (nSPS) is 16.8. The minimum Gasteiger partial charge on any atom is -0.496 e. The summed E-state index contributed by atoms with van der Waals surface area (Å²) in [6.07, 6.45) is 2.31. The third-order valence-electron chi connectivity index (χ3n) is 6.15. The molecule has 0 N–H and O–H groups in total. The molecule has 1 aliphatic rings. The minimum atomic E-state index is -0.340. The van der Waals surface area contributed by atoms with Gasteiger partial charge in [-0.2, -0.15) is 0 Å². The molecule has 0 heterocycles. The highest BCUT2D eigenvalue weighted by Crippen LogP contribution is 2.48. The Morgan fingerprint density at radius 3 is 1.89 bits per heavy atom. The number of ether oxygens (including phenoxy) is 2. The van der Waals surface area contributed by atoms with Crippen molar-refractivity contribution in [3.63, 3.8) is 0 Å². The van der Waals surface area contributed by atoms with E-state index in [-0.39, 0.29) is 16.8 Å². The molecule has 0 unspecified atom stereocenters. The molecule has 0 spiro atoms. The van der Waals surface area contributed by atoms with Crippen molar-refractivity contribution in [2.24, 2.45) is 0 Å². The Bertz CT molecular complexity index is 918. The van der Waals surface area contributed by atoms with E-state index in [9.17, 15) is 4.79 Å². The smallest absolute Gasteiger partial charge is 0.337 e. The molecule has 3 rings (SSSR count). The standard InChI is InChI=1S/C25H30O3/c1-16(17-8-10-18(11-9-17)23(26)28-7)19-14-20-21(15-22(19)27-6)25(4,5)13-12-24(20,2)3/h8-11,14-15H,1,12-13H2,2-7H3. The number of benzene rings is 2. The molecule has 148 valence electrons. The highest BCUT2D eigenvalue weighted by molar-refractivity contribution is 5.90. The first-order chi connectivity index (χ1) is 13.1. The van der Waals surface area contributed by atoms with Crippen LogP contribution in [0.3, 0.4) is 0 Å². The van der Waals surface area contributed by atoms with E-state index in [1.807, 2.05) is 12.1 Å². The van der Waals surface area contributed by atoms with Crippen LogP contribution < -0.4 is 4.74 Å². The third-order valence-corrected chi connectivity index (χ3v) is 6.15. The first kappa shape index (κ1) is 20.2. The summed E-state index contributed by atoms with van der Waals surface area (Å²) in [4.78, 5) is 11.7. The first-order valence-corrected chi connectivity index (χ1v) is 9.72. The summed E-state index contributed by atoms with van der Waals surface area (Å²) in [5.74, 6) is 0.499. The summed E-state index contributed by atoms with van der Waals surface area (Å²) in [5, 5.41) is 0. The topological polar surface area (TPSA) is 35.5 Å². The largest absolute Gasteiger partial charge is 0.496 e. The number of rotatable bonds is 4. The SMILES string of the molecule is C=C(c1ccc(C(=O)OC)cc1)c1cc2c(cc1OC)C(C)(C)CCC2(C)C. The molecular formula is C25H30O3. The molecule has 0 radical (unpaired) electrons. The molecule has 0 amide bonds. The first-order valence-electron chi connectivity index (χ1n) is 9.72. The van der Waals surface area contributed by atoms with Gasteiger partial charge < -0.3 is 9.47 Å². The average molecular weight is 379 g/mol. The van der Waals surface area contributed by atoms with Crippen LogP contribution in [-0.2, 0) is 15.6 Å². The van der Waals surface area contributed by atoms with Gasteiger partial charge in [-0.1, -0.05) is 46.4 Å². The van der Waals surface area contributed by atoms with Crippen LogP contribution in [0.15, 0.2) is 43.0 Å². The molecule has 28 heavy (non-hydrogen) atoms. The van der Waals surface area contributed by atoms with Crippen LogP contribution in [-0.4, -0.2) is 20.2 Å². The van der Waals surface area contributed by atoms with Gasteiger partial charge in [-0.3, -0.25) is 0 Å². The second-order valence-corrected chi connectivity index (χ2v) is 8.91. The maximum absolute atomic E-state index is 11.7. The Hall–Kier alpha value is -2.55. The van der Waals surface area contributed by atoms with Crippen LogP contribution >= 0.6 is 0 Å². The van der Waals surface area contributed by atoms with Gasteiger partial charge >= 0.3 is 5.97 Å². The number of carbonyl (C=O) groups is 1. The summed E-state index contributed by atoms with van der Waals surface area (Å²) in [5.41, 5.74) is 6.33. The lowest BCUT2D eigenvalue weighted by Gasteiger charge is -2.42. The van der Waals surface area contributed by atoms with E-state index < -0.39 is 0 Å². The van der Waals surface area contributed by atoms with E-state index in [4.69, 9.17) is 9.47 Å². The third kappa shape index (κ3) is 3.46. The van der Waals surface area contributed by atoms with Gasteiger partial charge in [-0.15, -0.1) is 0 Å². The van der Waals surface area contributed by atoms with E-state index in [1.54, 1.807) is 19.2 Å². The predicted octanol–water partition coefficient (Wildman–Crippen LogP) is 5.89. The van der Waals surface area contributed by atoms with Gasteiger partial charge in [0.15, 0.2) is 0 Å². The quantitative estimate of drug-likeness (QED) is 0.622. The molecular weight excluding hydrogens is 348 g/mol. The second kappa shape index (κ2) is 7.12. The molecule has 3 nitrogen and oxygen atoms in total. The molecule has 2 aromatic rings. The zero-order valence-corrected chi connectivity index (χ0v) is 17.8. The van der Waals surface area contributed by atoms with Gasteiger partial charge in [0.25, 0.3) is 0 Å². The number of carbonyl (C=O) groups excluding carboxylic acids is 1. The maximum atomic E-state index is 11.7. The van der Waals surface area contributed by atoms with E-state index in [2.05, 4.69) is 46.4 Å². The van der Waals surface area contributed by atoms with Crippen LogP contribution in [0, 0.1) is 0 Å². The number of esters is 1. The summed E-state index contributed by atoms with van der Waals surface area (Å²) >= 11 is 0. The fraction of sp³-hybridized carbons (Fsp3) is 0.400. The van der Waals surface area contributed by atoms with Crippen LogP contribution in [0.2, 0.25) is 0 Å². The lowest BCUT2D eigenvalue weighted by Crippen LogP contribution is -2.34. The fourth-order valence-corrected chi connectivity index (χ4v) is 4.08. The van der Waals surface area contributed by atoms with Crippen molar-refractivity contribution < 1.29 is 14.3 Å². The molecule has 0 atom stereocenters. The summed E-state index contributed by atoms with van der Waals surface area (Å²) in [7, 11) is 3.09. The van der Waals surface area contributed by atoms with Crippen LogP contribution in [0.25, 0.3) is 5.57 Å².